The van der Waals surface area contributed by atoms with E-state index in [2.05, 4.69) is 79.9 Å². The summed E-state index contributed by atoms with van der Waals surface area (Å²) in [5.41, 5.74) is 0. The second-order valence-corrected chi connectivity index (χ2v) is 15.4. The van der Waals surface area contributed by atoms with Crippen LogP contribution in [0, 0.1) is 0 Å². The van der Waals surface area contributed by atoms with Crippen LogP contribution in [0.15, 0.2) is 72.9 Å². The molecule has 3 N–H and O–H groups in total. The highest BCUT2D eigenvalue weighted by Gasteiger charge is 2.17. The van der Waals surface area contributed by atoms with Gasteiger partial charge < -0.3 is 15.5 Å². The molecule has 0 fully saturated rings. The van der Waals surface area contributed by atoms with Gasteiger partial charge in [-0.05, 0) is 83.5 Å². The van der Waals surface area contributed by atoms with Crippen LogP contribution in [0.2, 0.25) is 0 Å². The summed E-state index contributed by atoms with van der Waals surface area (Å²) in [5, 5.41) is 23.0. The number of nitrogens with one attached hydrogen (secondary N) is 1. The first-order valence-electron chi connectivity index (χ1n) is 23.2. The molecule has 0 aromatic carbocycles. The quantitative estimate of drug-likeness (QED) is 0.0430. The summed E-state index contributed by atoms with van der Waals surface area (Å²) in [6.07, 6.45) is 64.4. The van der Waals surface area contributed by atoms with E-state index < -0.39 is 12.1 Å². The number of aliphatic hydroxyl groups is 2. The number of unbranched alkanes of at least 4 members (excludes halogenated alkanes) is 24. The lowest BCUT2D eigenvalue weighted by molar-refractivity contribution is -0.123. The fourth-order valence-electron chi connectivity index (χ4n) is 6.57. The Kier molecular flexibility index (Phi) is 43.4. The van der Waals surface area contributed by atoms with Gasteiger partial charge in [-0.1, -0.05) is 202 Å². The zero-order valence-corrected chi connectivity index (χ0v) is 35.7. The van der Waals surface area contributed by atoms with Crippen molar-refractivity contribution in [3.05, 3.63) is 72.9 Å². The highest BCUT2D eigenvalue weighted by molar-refractivity contribution is 5.76. The monoisotopic (exact) mass is 752 g/mol. The van der Waals surface area contributed by atoms with Crippen LogP contribution in [0.4, 0.5) is 0 Å². The van der Waals surface area contributed by atoms with Crippen LogP contribution in [-0.2, 0) is 4.79 Å². The van der Waals surface area contributed by atoms with Gasteiger partial charge in [0, 0.05) is 6.42 Å². The highest BCUT2D eigenvalue weighted by atomic mass is 16.3. The third kappa shape index (κ3) is 41.0. The van der Waals surface area contributed by atoms with Gasteiger partial charge in [-0.15, -0.1) is 0 Å². The van der Waals surface area contributed by atoms with E-state index in [9.17, 15) is 15.0 Å². The number of carbonyl (C=O) groups excluding carboxylic acids is 1. The number of aliphatic hydroxyl groups excluding tert-OH is 2. The van der Waals surface area contributed by atoms with Crippen LogP contribution < -0.4 is 5.32 Å². The van der Waals surface area contributed by atoms with Crippen molar-refractivity contribution in [2.45, 2.75) is 231 Å². The number of hydrogen-bond donors (Lipinski definition) is 3. The predicted octanol–water partition coefficient (Wildman–Crippen LogP) is 14.7. The van der Waals surface area contributed by atoms with Crippen molar-refractivity contribution in [2.24, 2.45) is 0 Å². The van der Waals surface area contributed by atoms with Gasteiger partial charge in [0.2, 0.25) is 5.91 Å². The maximum absolute atomic E-state index is 12.4. The van der Waals surface area contributed by atoms with Gasteiger partial charge in [0.1, 0.15) is 0 Å². The Morgan fingerprint density at radius 1 is 0.444 bits per heavy atom. The lowest BCUT2D eigenvalue weighted by atomic mass is 10.1. The molecule has 0 bridgehead atoms. The van der Waals surface area contributed by atoms with Crippen LogP contribution in [0.25, 0.3) is 0 Å². The summed E-state index contributed by atoms with van der Waals surface area (Å²) in [5.74, 6) is -0.0875. The molecule has 2 atom stereocenters. The fraction of sp³-hybridized carbons (Fsp3) is 0.740. The van der Waals surface area contributed by atoms with Crippen molar-refractivity contribution in [2.75, 3.05) is 6.61 Å². The lowest BCUT2D eigenvalue weighted by Gasteiger charge is -2.19. The maximum atomic E-state index is 12.4. The SMILES string of the molecule is CCCCCCC/C=C\C/C=C\C/C=C\CCCCCCCCCCC(=O)NC(CO)C(O)/C=C/CC/C=C/CC/C=C/CCCCCCCCCCC. The third-order valence-corrected chi connectivity index (χ3v) is 10.1. The summed E-state index contributed by atoms with van der Waals surface area (Å²) >= 11 is 0. The van der Waals surface area contributed by atoms with Crippen molar-refractivity contribution in [3.8, 4) is 0 Å². The summed E-state index contributed by atoms with van der Waals surface area (Å²) in [6.45, 7) is 4.27. The number of rotatable bonds is 41. The largest absolute Gasteiger partial charge is 0.394 e. The summed E-state index contributed by atoms with van der Waals surface area (Å²) < 4.78 is 0. The Balaban J connectivity index is 3.67. The first kappa shape index (κ1) is 51.8. The number of amides is 1. The third-order valence-electron chi connectivity index (χ3n) is 10.1. The molecule has 0 radical (unpaired) electrons. The van der Waals surface area contributed by atoms with E-state index in [4.69, 9.17) is 0 Å². The molecule has 2 unspecified atom stereocenters. The van der Waals surface area contributed by atoms with Gasteiger partial charge in [0.05, 0.1) is 18.8 Å². The second-order valence-electron chi connectivity index (χ2n) is 15.4. The van der Waals surface area contributed by atoms with Crippen molar-refractivity contribution in [1.29, 1.82) is 0 Å². The molecular weight excluding hydrogens is 663 g/mol. The molecule has 0 saturated heterocycles. The maximum Gasteiger partial charge on any atom is 0.220 e. The summed E-state index contributed by atoms with van der Waals surface area (Å²) in [4.78, 5) is 12.4. The van der Waals surface area contributed by atoms with Crippen LogP contribution in [0.1, 0.15) is 219 Å². The normalized spacial score (nSPS) is 13.6. The van der Waals surface area contributed by atoms with E-state index in [1.165, 1.54) is 141 Å². The standard InChI is InChI=1S/C50H89NO3/c1-3-5-7-9-11-13-15-17-19-21-23-24-25-26-28-30-32-34-36-38-40-42-44-46-50(54)51-48(47-52)49(53)45-43-41-39-37-35-33-31-29-27-22-20-18-16-14-12-10-8-6-4-2/h15,17,21,23,25-27,29,35,37,43,45,48-49,52-53H,3-14,16,18-20,22,24,28,30-34,36,38-42,44,46-47H2,1-2H3,(H,51,54)/b17-15-,23-21-,26-25-,29-27+,37-35+,45-43+. The zero-order chi connectivity index (χ0) is 39.3. The Bertz CT molecular complexity index is 946. The minimum absolute atomic E-state index is 0.0875. The summed E-state index contributed by atoms with van der Waals surface area (Å²) in [7, 11) is 0. The molecule has 0 aromatic heterocycles. The number of hydrogen-bond acceptors (Lipinski definition) is 3. The Labute approximate surface area is 336 Å². The average Bonchev–Trinajstić information content (AvgIpc) is 3.18. The Morgan fingerprint density at radius 2 is 0.778 bits per heavy atom. The van der Waals surface area contributed by atoms with E-state index in [0.29, 0.717) is 6.42 Å². The highest BCUT2D eigenvalue weighted by Crippen LogP contribution is 2.13. The molecule has 4 heteroatoms. The smallest absolute Gasteiger partial charge is 0.220 e. The fourth-order valence-corrected chi connectivity index (χ4v) is 6.57. The number of carbonyl (C=O) groups is 1. The van der Waals surface area contributed by atoms with E-state index in [-0.39, 0.29) is 12.5 Å². The van der Waals surface area contributed by atoms with Gasteiger partial charge in [-0.2, -0.15) is 0 Å². The molecule has 312 valence electrons. The van der Waals surface area contributed by atoms with Crippen molar-refractivity contribution in [1.82, 2.24) is 5.32 Å². The van der Waals surface area contributed by atoms with Crippen molar-refractivity contribution < 1.29 is 15.0 Å². The van der Waals surface area contributed by atoms with Crippen LogP contribution in [0.3, 0.4) is 0 Å². The minimum Gasteiger partial charge on any atom is -0.394 e. The predicted molar refractivity (Wildman–Crippen MR) is 239 cm³/mol. The zero-order valence-electron chi connectivity index (χ0n) is 35.7. The molecule has 0 heterocycles. The topological polar surface area (TPSA) is 69.6 Å². The van der Waals surface area contributed by atoms with Crippen LogP contribution in [0.5, 0.6) is 0 Å². The van der Waals surface area contributed by atoms with Crippen molar-refractivity contribution >= 4 is 5.91 Å². The molecule has 0 aliphatic carbocycles. The van der Waals surface area contributed by atoms with Crippen molar-refractivity contribution in [3.63, 3.8) is 0 Å². The first-order chi connectivity index (χ1) is 26.7. The van der Waals surface area contributed by atoms with Gasteiger partial charge in [-0.25, -0.2) is 0 Å². The summed E-state index contributed by atoms with van der Waals surface area (Å²) in [6, 6.07) is -0.653. The minimum atomic E-state index is -0.877. The molecule has 0 rings (SSSR count). The average molecular weight is 752 g/mol. The molecule has 0 aromatic rings. The Morgan fingerprint density at radius 3 is 1.20 bits per heavy atom. The number of allylic oxidation sites excluding steroid dienone is 11. The first-order valence-corrected chi connectivity index (χ1v) is 23.2. The van der Waals surface area contributed by atoms with Gasteiger partial charge in [0.15, 0.2) is 0 Å². The molecular formula is C50H89NO3. The molecule has 1 amide bonds. The Hall–Kier alpha value is -2.17. The van der Waals surface area contributed by atoms with Crippen LogP contribution in [-0.4, -0.2) is 34.9 Å². The molecule has 0 aliphatic rings. The van der Waals surface area contributed by atoms with E-state index >= 15 is 0 Å². The second kappa shape index (κ2) is 45.2. The molecule has 4 nitrogen and oxygen atoms in total. The van der Waals surface area contributed by atoms with Crippen LogP contribution >= 0.6 is 0 Å². The van der Waals surface area contributed by atoms with E-state index in [1.54, 1.807) is 6.08 Å². The molecule has 54 heavy (non-hydrogen) atoms. The van der Waals surface area contributed by atoms with Gasteiger partial charge in [-0.3, -0.25) is 4.79 Å². The van der Waals surface area contributed by atoms with E-state index in [0.717, 1.165) is 57.8 Å². The molecule has 0 saturated carbocycles. The van der Waals surface area contributed by atoms with Gasteiger partial charge in [0.25, 0.3) is 0 Å². The lowest BCUT2D eigenvalue weighted by Crippen LogP contribution is -2.45. The molecule has 0 aliphatic heterocycles. The van der Waals surface area contributed by atoms with Gasteiger partial charge >= 0.3 is 0 Å². The molecule has 0 spiro atoms. The van der Waals surface area contributed by atoms with E-state index in [1.807, 2.05) is 6.08 Å².